The molecule has 2 aromatic rings. The number of benzene rings is 1. The van der Waals surface area contributed by atoms with Crippen LogP contribution < -0.4 is 11.1 Å². The fourth-order valence-electron chi connectivity index (χ4n) is 6.22. The maximum absolute atomic E-state index is 13.7. The van der Waals surface area contributed by atoms with Gasteiger partial charge in [-0.2, -0.15) is 0 Å². The molecule has 208 valence electrons. The minimum Gasteiger partial charge on any atom is -0.354 e. The van der Waals surface area contributed by atoms with Crippen molar-refractivity contribution in [3.8, 4) is 0 Å². The molecule has 0 spiro atoms. The van der Waals surface area contributed by atoms with Gasteiger partial charge in [0.05, 0.1) is 4.88 Å². The Hall–Kier alpha value is -2.22. The largest absolute Gasteiger partial charge is 0.354 e. The second-order valence-corrected chi connectivity index (χ2v) is 12.8. The van der Waals surface area contributed by atoms with Gasteiger partial charge in [0, 0.05) is 32.2 Å². The molecule has 4 atom stereocenters. The van der Waals surface area contributed by atoms with Crippen molar-refractivity contribution in [1.29, 1.82) is 0 Å². The van der Waals surface area contributed by atoms with Crippen LogP contribution in [0.1, 0.15) is 73.2 Å². The average Bonchev–Trinajstić information content (AvgIpc) is 3.47. The van der Waals surface area contributed by atoms with E-state index in [2.05, 4.69) is 55.3 Å². The van der Waals surface area contributed by atoms with Crippen molar-refractivity contribution in [2.24, 2.45) is 23.5 Å². The number of piperidine rings is 1. The fourth-order valence-corrected chi connectivity index (χ4v) is 6.90. The third-order valence-electron chi connectivity index (χ3n) is 8.28. The Labute approximate surface area is 233 Å². The van der Waals surface area contributed by atoms with Crippen LogP contribution in [0.2, 0.25) is 0 Å². The summed E-state index contributed by atoms with van der Waals surface area (Å²) in [5.74, 6) is 1.53. The van der Waals surface area contributed by atoms with Crippen LogP contribution in [-0.4, -0.2) is 59.9 Å². The number of nitrogens with zero attached hydrogens (tertiary/aromatic N) is 2. The molecule has 1 aromatic carbocycles. The average molecular weight is 539 g/mol. The van der Waals surface area contributed by atoms with Crippen molar-refractivity contribution in [3.63, 3.8) is 0 Å². The normalized spacial score (nSPS) is 24.1. The van der Waals surface area contributed by atoms with Crippen LogP contribution in [0.4, 0.5) is 0 Å². The van der Waals surface area contributed by atoms with Gasteiger partial charge in [0.25, 0.3) is 5.91 Å². The number of aryl methyl sites for hydroxylation is 1. The number of hydrogen-bond acceptors (Lipinski definition) is 5. The Bertz CT molecular complexity index is 1020. The number of rotatable bonds is 10. The molecule has 38 heavy (non-hydrogen) atoms. The second-order valence-electron chi connectivity index (χ2n) is 11.9. The molecule has 2 heterocycles. The first-order valence-corrected chi connectivity index (χ1v) is 15.3. The van der Waals surface area contributed by atoms with Crippen LogP contribution in [0, 0.1) is 24.7 Å². The van der Waals surface area contributed by atoms with Gasteiger partial charge in [-0.05, 0) is 80.3 Å². The Morgan fingerprint density at radius 2 is 1.87 bits per heavy atom. The predicted octanol–water partition coefficient (Wildman–Crippen LogP) is 5.07. The molecule has 2 aliphatic rings. The molecule has 1 saturated carbocycles. The summed E-state index contributed by atoms with van der Waals surface area (Å²) >= 11 is 1.45. The van der Waals surface area contributed by atoms with Gasteiger partial charge in [-0.1, -0.05) is 56.2 Å². The van der Waals surface area contributed by atoms with Crippen LogP contribution in [0.3, 0.4) is 0 Å². The van der Waals surface area contributed by atoms with Gasteiger partial charge in [-0.25, -0.2) is 0 Å². The summed E-state index contributed by atoms with van der Waals surface area (Å²) in [6, 6.07) is 12.3. The van der Waals surface area contributed by atoms with Crippen LogP contribution in [-0.2, 0) is 11.3 Å². The molecule has 3 unspecified atom stereocenters. The van der Waals surface area contributed by atoms with E-state index < -0.39 is 6.04 Å². The third kappa shape index (κ3) is 7.67. The van der Waals surface area contributed by atoms with Crippen molar-refractivity contribution >= 4 is 23.2 Å². The van der Waals surface area contributed by atoms with Crippen LogP contribution in [0.5, 0.6) is 0 Å². The Morgan fingerprint density at radius 3 is 2.55 bits per heavy atom. The van der Waals surface area contributed by atoms with Crippen molar-refractivity contribution in [2.75, 3.05) is 26.2 Å². The van der Waals surface area contributed by atoms with Crippen LogP contribution >= 0.6 is 11.3 Å². The van der Waals surface area contributed by atoms with Crippen molar-refractivity contribution in [3.05, 3.63) is 57.8 Å². The van der Waals surface area contributed by atoms with Crippen LogP contribution in [0.15, 0.2) is 41.8 Å². The van der Waals surface area contributed by atoms with E-state index >= 15 is 0 Å². The number of nitrogens with two attached hydrogens (primary N) is 1. The lowest BCUT2D eigenvalue weighted by Gasteiger charge is -2.43. The number of carbonyl (C=O) groups excluding carboxylic acids is 2. The van der Waals surface area contributed by atoms with E-state index in [0.717, 1.165) is 38.9 Å². The number of carbonyl (C=O) groups is 2. The highest BCUT2D eigenvalue weighted by Gasteiger charge is 2.39. The van der Waals surface area contributed by atoms with E-state index in [1.54, 1.807) is 0 Å². The quantitative estimate of drug-likeness (QED) is 0.443. The van der Waals surface area contributed by atoms with Crippen molar-refractivity contribution < 1.29 is 9.59 Å². The van der Waals surface area contributed by atoms with Gasteiger partial charge < -0.3 is 16.0 Å². The Balaban J connectivity index is 1.49. The number of thiophene rings is 1. The number of hydrogen-bond donors (Lipinski definition) is 2. The standard InChI is InChI=1S/C31H46N4O2S/c1-22(2)20-34(21-24-11-9-23(3)10-12-24)27-13-14-35(31(37)29-8-5-15-38-29)28(17-27)30(36)33-19-26-7-4-6-25(16-26)18-32/h5,8-12,15,22,25-28H,4,6-7,13-14,16-21,32H2,1-3H3,(H,33,36)/t25?,26?,27?,28-/m1/s1. The minimum atomic E-state index is -0.454. The molecule has 2 amide bonds. The summed E-state index contributed by atoms with van der Waals surface area (Å²) in [6.07, 6.45) is 6.14. The lowest BCUT2D eigenvalue weighted by Crippen LogP contribution is -2.57. The molecule has 1 saturated heterocycles. The SMILES string of the molecule is Cc1ccc(CN(CC(C)C)C2CCN(C(=O)c3cccs3)[C@@H](C(=O)NCC3CCCC(CN)C3)C2)cc1. The lowest BCUT2D eigenvalue weighted by atomic mass is 9.81. The molecular formula is C31H46N4O2S. The zero-order chi connectivity index (χ0) is 27.1. The molecule has 0 bridgehead atoms. The minimum absolute atomic E-state index is 0.00527. The molecule has 2 fully saturated rings. The molecular weight excluding hydrogens is 492 g/mol. The van der Waals surface area contributed by atoms with E-state index in [1.807, 2.05) is 22.4 Å². The molecule has 6 nitrogen and oxygen atoms in total. The monoisotopic (exact) mass is 538 g/mol. The molecule has 0 radical (unpaired) electrons. The van der Waals surface area contributed by atoms with Gasteiger partial charge >= 0.3 is 0 Å². The summed E-state index contributed by atoms with van der Waals surface area (Å²) in [4.78, 5) is 32.3. The molecule has 1 aliphatic carbocycles. The fraction of sp³-hybridized carbons (Fsp3) is 0.613. The van der Waals surface area contributed by atoms with Crippen molar-refractivity contribution in [2.45, 2.75) is 77.9 Å². The molecule has 1 aromatic heterocycles. The summed E-state index contributed by atoms with van der Waals surface area (Å²) in [6.45, 7) is 10.4. The first kappa shape index (κ1) is 28.8. The Kier molecular flexibility index (Phi) is 10.4. The van der Waals surface area contributed by atoms with Crippen molar-refractivity contribution in [1.82, 2.24) is 15.1 Å². The second kappa shape index (κ2) is 13.7. The first-order chi connectivity index (χ1) is 18.3. The molecule has 7 heteroatoms. The highest BCUT2D eigenvalue weighted by molar-refractivity contribution is 7.12. The van der Waals surface area contributed by atoms with Gasteiger partial charge in [0.15, 0.2) is 0 Å². The molecule has 3 N–H and O–H groups in total. The first-order valence-electron chi connectivity index (χ1n) is 14.5. The van der Waals surface area contributed by atoms with Gasteiger partial charge in [-0.3, -0.25) is 14.5 Å². The van der Waals surface area contributed by atoms with Gasteiger partial charge in [-0.15, -0.1) is 11.3 Å². The van der Waals surface area contributed by atoms with Gasteiger partial charge in [0.1, 0.15) is 6.04 Å². The maximum atomic E-state index is 13.7. The van der Waals surface area contributed by atoms with E-state index in [-0.39, 0.29) is 17.9 Å². The topological polar surface area (TPSA) is 78.7 Å². The zero-order valence-electron chi connectivity index (χ0n) is 23.4. The van der Waals surface area contributed by atoms with E-state index in [4.69, 9.17) is 5.73 Å². The van der Waals surface area contributed by atoms with E-state index in [9.17, 15) is 9.59 Å². The summed E-state index contributed by atoms with van der Waals surface area (Å²) in [7, 11) is 0. The van der Waals surface area contributed by atoms with Crippen LogP contribution in [0.25, 0.3) is 0 Å². The summed E-state index contributed by atoms with van der Waals surface area (Å²) < 4.78 is 0. The molecule has 1 aliphatic heterocycles. The lowest BCUT2D eigenvalue weighted by molar-refractivity contribution is -0.128. The zero-order valence-corrected chi connectivity index (χ0v) is 24.2. The van der Waals surface area contributed by atoms with Gasteiger partial charge in [0.2, 0.25) is 5.91 Å². The number of likely N-dealkylation sites (tertiary alicyclic amines) is 1. The van der Waals surface area contributed by atoms with E-state index in [0.29, 0.717) is 42.1 Å². The summed E-state index contributed by atoms with van der Waals surface area (Å²) in [5.41, 5.74) is 8.50. The third-order valence-corrected chi connectivity index (χ3v) is 9.14. The summed E-state index contributed by atoms with van der Waals surface area (Å²) in [5, 5.41) is 5.19. The smallest absolute Gasteiger partial charge is 0.264 e. The highest BCUT2D eigenvalue weighted by Crippen LogP contribution is 2.29. The molecule has 4 rings (SSSR count). The predicted molar refractivity (Wildman–Crippen MR) is 156 cm³/mol. The number of nitrogens with one attached hydrogen (secondary N) is 1. The van der Waals surface area contributed by atoms with E-state index in [1.165, 1.54) is 35.3 Å². The number of amides is 2. The Morgan fingerprint density at radius 1 is 1.11 bits per heavy atom. The maximum Gasteiger partial charge on any atom is 0.264 e. The highest BCUT2D eigenvalue weighted by atomic mass is 32.1.